The zero-order valence-electron chi connectivity index (χ0n) is 19.3. The molecule has 0 atom stereocenters. The summed E-state index contributed by atoms with van der Waals surface area (Å²) in [6.07, 6.45) is 5.52. The number of hydrogen-bond donors (Lipinski definition) is 2. The smallest absolute Gasteiger partial charge is 0.316 e. The highest BCUT2D eigenvalue weighted by molar-refractivity contribution is 5.99. The number of aromatic nitrogens is 5. The van der Waals surface area contributed by atoms with Crippen molar-refractivity contribution in [2.75, 3.05) is 20.2 Å². The number of nitrogens with one attached hydrogen (secondary N) is 2. The molecule has 0 radical (unpaired) electrons. The number of nitrogens with zero attached hydrogens (tertiary/aromatic N) is 5. The van der Waals surface area contributed by atoms with Gasteiger partial charge in [-0.1, -0.05) is 18.2 Å². The number of carbonyl (C=O) groups excluding carboxylic acids is 2. The maximum atomic E-state index is 13.5. The number of benzene rings is 1. The number of likely N-dealkylation sites (N-methyl/N-ethyl adjacent to an activating group) is 1. The number of aromatic amines is 2. The van der Waals surface area contributed by atoms with Crippen molar-refractivity contribution in [1.82, 2.24) is 34.9 Å². The van der Waals surface area contributed by atoms with Crippen molar-refractivity contribution in [2.45, 2.75) is 31.3 Å². The Labute approximate surface area is 201 Å². The van der Waals surface area contributed by atoms with Crippen LogP contribution in [-0.4, -0.2) is 72.5 Å². The molecule has 35 heavy (non-hydrogen) atoms. The third-order valence-electron chi connectivity index (χ3n) is 7.04. The SMILES string of the molecule is CN(C(=O)c1n[nH]c2c1CN(C(=O)c1cc3ccccc3[nH]1)CC2)C1(COc2ncccn2)CC1. The Hall–Kier alpha value is -4.21. The predicted octanol–water partition coefficient (Wildman–Crippen LogP) is 2.56. The molecule has 0 unspecified atom stereocenters. The van der Waals surface area contributed by atoms with E-state index in [0.29, 0.717) is 43.5 Å². The Morgan fingerprint density at radius 3 is 2.74 bits per heavy atom. The maximum absolute atomic E-state index is 13.5. The topological polar surface area (TPSA) is 120 Å². The summed E-state index contributed by atoms with van der Waals surface area (Å²) in [7, 11) is 1.78. The zero-order chi connectivity index (χ0) is 24.0. The number of rotatable bonds is 6. The van der Waals surface area contributed by atoms with E-state index >= 15 is 0 Å². The molecule has 1 aliphatic carbocycles. The van der Waals surface area contributed by atoms with Crippen molar-refractivity contribution in [3.8, 4) is 6.01 Å². The Kier molecular flexibility index (Phi) is 5.01. The van der Waals surface area contributed by atoms with E-state index in [4.69, 9.17) is 4.74 Å². The van der Waals surface area contributed by atoms with Crippen molar-refractivity contribution in [3.05, 3.63) is 71.4 Å². The molecule has 1 aliphatic heterocycles. The molecule has 0 spiro atoms. The number of fused-ring (bicyclic) bond motifs is 2. The van der Waals surface area contributed by atoms with Crippen LogP contribution in [0.2, 0.25) is 0 Å². The van der Waals surface area contributed by atoms with Crippen LogP contribution in [0, 0.1) is 0 Å². The average Bonchev–Trinajstić information content (AvgIpc) is 3.37. The highest BCUT2D eigenvalue weighted by Crippen LogP contribution is 2.42. The summed E-state index contributed by atoms with van der Waals surface area (Å²) < 4.78 is 5.76. The van der Waals surface area contributed by atoms with E-state index in [1.807, 2.05) is 30.3 Å². The van der Waals surface area contributed by atoms with Crippen LogP contribution < -0.4 is 4.74 Å². The second kappa shape index (κ2) is 8.23. The molecule has 1 saturated carbocycles. The largest absolute Gasteiger partial charge is 0.461 e. The lowest BCUT2D eigenvalue weighted by Crippen LogP contribution is -2.44. The fourth-order valence-electron chi connectivity index (χ4n) is 4.66. The van der Waals surface area contributed by atoms with Gasteiger partial charge in [0.25, 0.3) is 11.8 Å². The van der Waals surface area contributed by atoms with Crippen LogP contribution in [0.25, 0.3) is 10.9 Å². The highest BCUT2D eigenvalue weighted by atomic mass is 16.5. The van der Waals surface area contributed by atoms with Crippen molar-refractivity contribution in [2.24, 2.45) is 0 Å². The molecule has 4 aromatic rings. The van der Waals surface area contributed by atoms with Gasteiger partial charge in [-0.3, -0.25) is 14.7 Å². The fourth-order valence-corrected chi connectivity index (χ4v) is 4.66. The predicted molar refractivity (Wildman–Crippen MR) is 127 cm³/mol. The number of hydrogen-bond acceptors (Lipinski definition) is 6. The zero-order valence-corrected chi connectivity index (χ0v) is 19.3. The third kappa shape index (κ3) is 3.80. The van der Waals surface area contributed by atoms with Gasteiger partial charge in [-0.25, -0.2) is 9.97 Å². The third-order valence-corrected chi connectivity index (χ3v) is 7.04. The average molecular weight is 472 g/mol. The molecule has 0 saturated heterocycles. The van der Waals surface area contributed by atoms with Crippen molar-refractivity contribution in [3.63, 3.8) is 0 Å². The molecule has 2 aliphatic rings. The molecule has 3 aromatic heterocycles. The Morgan fingerprint density at radius 1 is 1.17 bits per heavy atom. The van der Waals surface area contributed by atoms with Crippen molar-refractivity contribution < 1.29 is 14.3 Å². The van der Waals surface area contributed by atoms with E-state index in [0.717, 1.165) is 35.0 Å². The lowest BCUT2D eigenvalue weighted by molar-refractivity contribution is 0.0619. The maximum Gasteiger partial charge on any atom is 0.316 e. The van der Waals surface area contributed by atoms with Crippen LogP contribution in [-0.2, 0) is 13.0 Å². The molecule has 6 rings (SSSR count). The normalized spacial score (nSPS) is 16.1. The Morgan fingerprint density at radius 2 is 1.97 bits per heavy atom. The molecule has 1 fully saturated rings. The Bertz CT molecular complexity index is 1370. The first-order chi connectivity index (χ1) is 17.0. The van der Waals surface area contributed by atoms with Gasteiger partial charge in [0.1, 0.15) is 12.3 Å². The molecular weight excluding hydrogens is 446 g/mol. The van der Waals surface area contributed by atoms with E-state index in [1.165, 1.54) is 0 Å². The molecule has 10 nitrogen and oxygen atoms in total. The van der Waals surface area contributed by atoms with Crippen LogP contribution in [0.3, 0.4) is 0 Å². The molecule has 178 valence electrons. The molecule has 4 heterocycles. The molecule has 10 heteroatoms. The van der Waals surface area contributed by atoms with E-state index in [-0.39, 0.29) is 11.8 Å². The summed E-state index contributed by atoms with van der Waals surface area (Å²) in [4.78, 5) is 41.6. The minimum atomic E-state index is -0.406. The van der Waals surface area contributed by atoms with Gasteiger partial charge in [0.15, 0.2) is 5.69 Å². The first-order valence-electron chi connectivity index (χ1n) is 11.7. The lowest BCUT2D eigenvalue weighted by atomic mass is 10.0. The molecule has 2 N–H and O–H groups in total. The fraction of sp³-hybridized carbons (Fsp3) is 0.320. The minimum Gasteiger partial charge on any atom is -0.461 e. The summed E-state index contributed by atoms with van der Waals surface area (Å²) in [5.74, 6) is -0.271. The summed E-state index contributed by atoms with van der Waals surface area (Å²) >= 11 is 0. The molecular formula is C25H25N7O3. The van der Waals surface area contributed by atoms with Crippen LogP contribution in [0.5, 0.6) is 6.01 Å². The minimum absolute atomic E-state index is 0.0882. The van der Waals surface area contributed by atoms with Gasteiger partial charge in [-0.15, -0.1) is 0 Å². The van der Waals surface area contributed by atoms with Gasteiger partial charge in [-0.05, 0) is 31.0 Å². The first-order valence-corrected chi connectivity index (χ1v) is 11.7. The van der Waals surface area contributed by atoms with Gasteiger partial charge in [0.2, 0.25) is 0 Å². The van der Waals surface area contributed by atoms with Crippen LogP contribution in [0.4, 0.5) is 0 Å². The first kappa shape index (κ1) is 21.3. The quantitative estimate of drug-likeness (QED) is 0.446. The van der Waals surface area contributed by atoms with E-state index in [1.54, 1.807) is 35.3 Å². The summed E-state index contributed by atoms with van der Waals surface area (Å²) in [5.41, 5.74) is 3.10. The molecule has 2 amide bonds. The van der Waals surface area contributed by atoms with Gasteiger partial charge < -0.3 is 19.5 Å². The number of ether oxygens (including phenoxy) is 1. The Balaban J connectivity index is 1.18. The van der Waals surface area contributed by atoms with Crippen LogP contribution in [0.15, 0.2) is 48.8 Å². The van der Waals surface area contributed by atoms with Gasteiger partial charge in [-0.2, -0.15) is 5.10 Å². The second-order valence-electron chi connectivity index (χ2n) is 9.18. The van der Waals surface area contributed by atoms with Crippen molar-refractivity contribution >= 4 is 22.7 Å². The standard InChI is InChI=1S/C25H25N7O3/c1-31(25(8-9-25)15-35-24-26-10-4-11-27-24)23(34)21-17-14-32(12-7-19(17)29-30-21)22(33)20-13-16-5-2-3-6-18(16)28-20/h2-6,10-11,13,28H,7-9,12,14-15H2,1H3,(H,29,30). The van der Waals surface area contributed by atoms with Gasteiger partial charge >= 0.3 is 6.01 Å². The lowest BCUT2D eigenvalue weighted by Gasteiger charge is -2.29. The monoisotopic (exact) mass is 471 g/mol. The number of carbonyl (C=O) groups is 2. The van der Waals surface area contributed by atoms with Gasteiger partial charge in [0, 0.05) is 54.6 Å². The van der Waals surface area contributed by atoms with Crippen LogP contribution in [0.1, 0.15) is 45.1 Å². The van der Waals surface area contributed by atoms with Crippen LogP contribution >= 0.6 is 0 Å². The van der Waals surface area contributed by atoms with E-state index in [2.05, 4.69) is 25.1 Å². The number of para-hydroxylation sites is 1. The highest BCUT2D eigenvalue weighted by Gasteiger charge is 2.50. The molecule has 0 bridgehead atoms. The van der Waals surface area contributed by atoms with Gasteiger partial charge in [0.05, 0.1) is 12.1 Å². The second-order valence-corrected chi connectivity index (χ2v) is 9.18. The summed E-state index contributed by atoms with van der Waals surface area (Å²) in [5, 5.41) is 8.36. The van der Waals surface area contributed by atoms with Crippen molar-refractivity contribution in [1.29, 1.82) is 0 Å². The number of H-pyrrole nitrogens is 2. The molecule has 1 aromatic carbocycles. The summed E-state index contributed by atoms with van der Waals surface area (Å²) in [6.45, 7) is 1.20. The number of amides is 2. The van der Waals surface area contributed by atoms with E-state index in [9.17, 15) is 9.59 Å². The summed E-state index contributed by atoms with van der Waals surface area (Å²) in [6, 6.07) is 11.7. The van der Waals surface area contributed by atoms with E-state index < -0.39 is 5.54 Å².